The van der Waals surface area contributed by atoms with Crippen molar-refractivity contribution in [1.29, 1.82) is 0 Å². The monoisotopic (exact) mass is 311 g/mol. The number of hydrogen-bond donors (Lipinski definition) is 0. The lowest BCUT2D eigenvalue weighted by Crippen LogP contribution is -2.43. The Morgan fingerprint density at radius 2 is 1.71 bits per heavy atom. The molecule has 0 aliphatic carbocycles. The van der Waals surface area contributed by atoms with Gasteiger partial charge in [0.25, 0.3) is 0 Å². The van der Waals surface area contributed by atoms with E-state index in [2.05, 4.69) is 25.7 Å². The second kappa shape index (κ2) is 6.66. The van der Waals surface area contributed by atoms with Crippen molar-refractivity contribution < 1.29 is 4.39 Å². The van der Waals surface area contributed by atoms with Crippen LogP contribution in [0.3, 0.4) is 0 Å². The van der Waals surface area contributed by atoms with E-state index in [1.165, 1.54) is 6.42 Å². The molecule has 1 aromatic carbocycles. The summed E-state index contributed by atoms with van der Waals surface area (Å²) in [5, 5.41) is 0.712. The van der Waals surface area contributed by atoms with Crippen molar-refractivity contribution in [3.63, 3.8) is 0 Å². The van der Waals surface area contributed by atoms with Gasteiger partial charge < -0.3 is 4.90 Å². The van der Waals surface area contributed by atoms with Crippen LogP contribution in [0.5, 0.6) is 0 Å². The van der Waals surface area contributed by atoms with Crippen LogP contribution in [0.25, 0.3) is 0 Å². The number of likely N-dealkylation sites (tertiary alicyclic amines) is 1. The quantitative estimate of drug-likeness (QED) is 0.745. The minimum Gasteiger partial charge on any atom is -0.303 e. The molecule has 1 saturated heterocycles. The van der Waals surface area contributed by atoms with Gasteiger partial charge in [-0.05, 0) is 48.9 Å². The molecule has 0 unspecified atom stereocenters. The Bertz CT molecular complexity index is 441. The van der Waals surface area contributed by atoms with E-state index in [4.69, 9.17) is 11.6 Å². The number of benzene rings is 1. The van der Waals surface area contributed by atoms with E-state index in [1.807, 2.05) is 24.3 Å². The highest BCUT2D eigenvalue weighted by atomic mass is 35.5. The lowest BCUT2D eigenvalue weighted by Gasteiger charge is -2.37. The molecule has 0 saturated carbocycles. The fourth-order valence-electron chi connectivity index (χ4n) is 2.82. The van der Waals surface area contributed by atoms with Crippen LogP contribution in [-0.2, 0) is 6.42 Å². The third-order valence-electron chi connectivity index (χ3n) is 4.36. The molecule has 1 aliphatic heterocycles. The first-order chi connectivity index (χ1) is 9.76. The molecule has 0 aromatic heterocycles. The number of alkyl halides is 1. The number of piperidine rings is 1. The van der Waals surface area contributed by atoms with E-state index in [0.29, 0.717) is 29.7 Å². The maximum absolute atomic E-state index is 14.9. The van der Waals surface area contributed by atoms with Crippen LogP contribution < -0.4 is 0 Å². The number of hydrogen-bond acceptors (Lipinski definition) is 1. The van der Waals surface area contributed by atoms with Gasteiger partial charge in [0.05, 0.1) is 0 Å². The molecular weight excluding hydrogens is 285 g/mol. The van der Waals surface area contributed by atoms with Crippen molar-refractivity contribution in [1.82, 2.24) is 4.90 Å². The van der Waals surface area contributed by atoms with Crippen molar-refractivity contribution >= 4 is 11.6 Å². The lowest BCUT2D eigenvalue weighted by molar-refractivity contribution is 0.0541. The Hall–Kier alpha value is -0.600. The van der Waals surface area contributed by atoms with Crippen molar-refractivity contribution in [2.45, 2.75) is 52.1 Å². The minimum atomic E-state index is -1.05. The van der Waals surface area contributed by atoms with Crippen LogP contribution in [0.2, 0.25) is 5.02 Å². The molecule has 2 rings (SSSR count). The summed E-state index contributed by atoms with van der Waals surface area (Å²) in [6.45, 7) is 9.62. The highest BCUT2D eigenvalue weighted by molar-refractivity contribution is 6.30. The smallest absolute Gasteiger partial charge is 0.117 e. The van der Waals surface area contributed by atoms with Crippen molar-refractivity contribution in [2.75, 3.05) is 19.6 Å². The van der Waals surface area contributed by atoms with Crippen molar-refractivity contribution in [3.05, 3.63) is 34.9 Å². The van der Waals surface area contributed by atoms with Gasteiger partial charge in [0.15, 0.2) is 0 Å². The van der Waals surface area contributed by atoms with Gasteiger partial charge in [-0.3, -0.25) is 0 Å². The van der Waals surface area contributed by atoms with Crippen LogP contribution in [0, 0.1) is 5.41 Å². The molecule has 118 valence electrons. The Morgan fingerprint density at radius 3 is 2.24 bits per heavy atom. The predicted molar refractivity (Wildman–Crippen MR) is 88.7 cm³/mol. The van der Waals surface area contributed by atoms with E-state index >= 15 is 0 Å². The second-order valence-electron chi connectivity index (χ2n) is 7.61. The number of halogens is 2. The van der Waals surface area contributed by atoms with Gasteiger partial charge in [-0.2, -0.15) is 0 Å². The van der Waals surface area contributed by atoms with E-state index in [1.54, 1.807) is 0 Å². The zero-order valence-corrected chi connectivity index (χ0v) is 14.2. The van der Waals surface area contributed by atoms with Crippen molar-refractivity contribution in [3.8, 4) is 0 Å². The van der Waals surface area contributed by atoms with Gasteiger partial charge >= 0.3 is 0 Å². The number of rotatable bonds is 4. The van der Waals surface area contributed by atoms with E-state index < -0.39 is 5.67 Å². The Kier molecular flexibility index (Phi) is 5.32. The zero-order valence-electron chi connectivity index (χ0n) is 13.5. The van der Waals surface area contributed by atoms with Crippen LogP contribution in [0.4, 0.5) is 4.39 Å². The summed E-state index contributed by atoms with van der Waals surface area (Å²) in [5.74, 6) is 0. The molecule has 0 atom stereocenters. The van der Waals surface area contributed by atoms with Gasteiger partial charge in [0, 0.05) is 24.5 Å². The Labute approximate surface area is 133 Å². The summed E-state index contributed by atoms with van der Waals surface area (Å²) in [4.78, 5) is 2.41. The normalized spacial score (nSPS) is 19.7. The van der Waals surface area contributed by atoms with E-state index in [0.717, 1.165) is 25.2 Å². The highest BCUT2D eigenvalue weighted by Gasteiger charge is 2.34. The first-order valence-corrected chi connectivity index (χ1v) is 8.29. The number of nitrogens with zero attached hydrogens (tertiary/aromatic N) is 1. The summed E-state index contributed by atoms with van der Waals surface area (Å²) in [6.07, 6.45) is 2.96. The summed E-state index contributed by atoms with van der Waals surface area (Å²) in [6, 6.07) is 7.57. The van der Waals surface area contributed by atoms with Crippen LogP contribution in [-0.4, -0.2) is 30.2 Å². The average Bonchev–Trinajstić information content (AvgIpc) is 2.40. The van der Waals surface area contributed by atoms with E-state index in [-0.39, 0.29) is 0 Å². The fourth-order valence-corrected chi connectivity index (χ4v) is 2.94. The molecule has 1 aromatic rings. The van der Waals surface area contributed by atoms with Crippen molar-refractivity contribution in [2.24, 2.45) is 5.41 Å². The second-order valence-corrected chi connectivity index (χ2v) is 8.04. The highest BCUT2D eigenvalue weighted by Crippen LogP contribution is 2.31. The van der Waals surface area contributed by atoms with E-state index in [9.17, 15) is 4.39 Å². The average molecular weight is 312 g/mol. The largest absolute Gasteiger partial charge is 0.303 e. The van der Waals surface area contributed by atoms with Gasteiger partial charge in [-0.25, -0.2) is 4.39 Å². The summed E-state index contributed by atoms with van der Waals surface area (Å²) < 4.78 is 14.9. The predicted octanol–water partition coefficient (Wildman–Crippen LogP) is 5.12. The fraction of sp³-hybridized carbons (Fsp3) is 0.667. The molecule has 1 nitrogen and oxygen atoms in total. The maximum Gasteiger partial charge on any atom is 0.117 e. The molecule has 3 heteroatoms. The molecule has 0 amide bonds. The standard InChI is InChI=1S/C18H27ClFN/c1-17(2,3)8-11-21-12-9-18(20,10-13-21)14-15-4-6-16(19)7-5-15/h4-7H,8-14H2,1-3H3. The lowest BCUT2D eigenvalue weighted by atomic mass is 9.86. The molecule has 0 spiro atoms. The van der Waals surface area contributed by atoms with Crippen LogP contribution in [0.1, 0.15) is 45.6 Å². The van der Waals surface area contributed by atoms with Gasteiger partial charge in [-0.1, -0.05) is 44.5 Å². The maximum atomic E-state index is 14.9. The molecule has 1 aliphatic rings. The third kappa shape index (κ3) is 5.60. The minimum absolute atomic E-state index is 0.355. The molecule has 1 heterocycles. The Balaban J connectivity index is 1.83. The van der Waals surface area contributed by atoms with Gasteiger partial charge in [0.2, 0.25) is 0 Å². The summed E-state index contributed by atoms with van der Waals surface area (Å²) in [5.41, 5.74) is 0.352. The first-order valence-electron chi connectivity index (χ1n) is 7.92. The third-order valence-corrected chi connectivity index (χ3v) is 4.62. The molecule has 0 bridgehead atoms. The van der Waals surface area contributed by atoms with Crippen LogP contribution >= 0.6 is 11.6 Å². The SMILES string of the molecule is CC(C)(C)CCN1CCC(F)(Cc2ccc(Cl)cc2)CC1. The molecular formula is C18H27ClFN. The summed E-state index contributed by atoms with van der Waals surface area (Å²) >= 11 is 5.88. The first kappa shape index (κ1) is 16.8. The Morgan fingerprint density at radius 1 is 1.14 bits per heavy atom. The summed E-state index contributed by atoms with van der Waals surface area (Å²) in [7, 11) is 0. The molecule has 21 heavy (non-hydrogen) atoms. The molecule has 0 N–H and O–H groups in total. The molecule has 1 fully saturated rings. The topological polar surface area (TPSA) is 3.24 Å². The van der Waals surface area contributed by atoms with Crippen LogP contribution in [0.15, 0.2) is 24.3 Å². The van der Waals surface area contributed by atoms with Gasteiger partial charge in [0.1, 0.15) is 5.67 Å². The zero-order chi connectivity index (χ0) is 15.5. The molecule has 0 radical (unpaired) electrons. The van der Waals surface area contributed by atoms with Gasteiger partial charge in [-0.15, -0.1) is 0 Å².